The van der Waals surface area contributed by atoms with Gasteiger partial charge in [-0.05, 0) is 30.9 Å². The first-order chi connectivity index (χ1) is 18.5. The zero-order valence-electron chi connectivity index (χ0n) is 24.6. The first kappa shape index (κ1) is 34.9. The van der Waals surface area contributed by atoms with E-state index in [1.165, 1.54) is 96.3 Å². The van der Waals surface area contributed by atoms with Crippen molar-refractivity contribution in [3.63, 3.8) is 0 Å². The van der Waals surface area contributed by atoms with Crippen LogP contribution in [0.25, 0.3) is 0 Å². The Morgan fingerprint density at radius 1 is 0.684 bits per heavy atom. The van der Waals surface area contributed by atoms with Crippen LogP contribution in [0.2, 0.25) is 10.0 Å². The largest absolute Gasteiger partial charge is 0.490 e. The maximum Gasteiger partial charge on any atom is 0.411 e. The molecule has 0 saturated carbocycles. The van der Waals surface area contributed by atoms with Gasteiger partial charge in [-0.3, -0.25) is 5.32 Å². The Morgan fingerprint density at radius 3 is 1.61 bits per heavy atom. The van der Waals surface area contributed by atoms with Crippen LogP contribution in [0.3, 0.4) is 0 Å². The summed E-state index contributed by atoms with van der Waals surface area (Å²) in [5.41, 5.74) is 1.30. The molecule has 4 nitrogen and oxygen atoms in total. The van der Waals surface area contributed by atoms with E-state index in [0.29, 0.717) is 41.1 Å². The Hall–Kier alpha value is -1.13. The van der Waals surface area contributed by atoms with Crippen molar-refractivity contribution < 1.29 is 14.3 Å². The van der Waals surface area contributed by atoms with Crippen LogP contribution in [0.15, 0.2) is 6.07 Å². The number of rotatable bonds is 24. The number of nitrogens with one attached hydrogen (secondary N) is 1. The number of benzene rings is 1. The van der Waals surface area contributed by atoms with Crippen molar-refractivity contribution in [2.45, 2.75) is 149 Å². The molecule has 0 fully saturated rings. The molecule has 0 radical (unpaired) electrons. The Bertz CT molecular complexity index is 742. The molecule has 0 aliphatic carbocycles. The summed E-state index contributed by atoms with van der Waals surface area (Å²) in [5, 5.41) is 3.80. The zero-order chi connectivity index (χ0) is 27.8. The highest BCUT2D eigenvalue weighted by molar-refractivity contribution is 6.37. The minimum atomic E-state index is -0.496. The molecule has 0 heterocycles. The SMILES string of the molecule is CCCCCCCCCCCCCCCOC(=O)Nc1cc(Cl)c(CC)c(Cl)c1OCCCCCCCC. The molecule has 0 bridgehead atoms. The van der Waals surface area contributed by atoms with E-state index < -0.39 is 6.09 Å². The highest BCUT2D eigenvalue weighted by Gasteiger charge is 2.18. The maximum atomic E-state index is 12.5. The number of carbonyl (C=O) groups excluding carboxylic acids is 1. The van der Waals surface area contributed by atoms with E-state index in [2.05, 4.69) is 19.2 Å². The maximum absolute atomic E-state index is 12.5. The molecule has 6 heteroatoms. The summed E-state index contributed by atoms with van der Waals surface area (Å²) in [5.74, 6) is 0.486. The van der Waals surface area contributed by atoms with Crippen LogP contribution < -0.4 is 10.1 Å². The van der Waals surface area contributed by atoms with E-state index in [1.54, 1.807) is 6.07 Å². The van der Waals surface area contributed by atoms with Gasteiger partial charge in [0.05, 0.1) is 23.9 Å². The molecule has 1 aromatic rings. The molecular weight excluding hydrogens is 517 g/mol. The summed E-state index contributed by atoms with van der Waals surface area (Å²) in [6.45, 7) is 7.45. The first-order valence-electron chi connectivity index (χ1n) is 15.6. The van der Waals surface area contributed by atoms with Crippen LogP contribution in [0, 0.1) is 0 Å². The highest BCUT2D eigenvalue weighted by atomic mass is 35.5. The lowest BCUT2D eigenvalue weighted by Gasteiger charge is -2.17. The molecule has 0 spiro atoms. The van der Waals surface area contributed by atoms with Gasteiger partial charge in [0.2, 0.25) is 0 Å². The van der Waals surface area contributed by atoms with Crippen molar-refractivity contribution in [2.75, 3.05) is 18.5 Å². The van der Waals surface area contributed by atoms with Gasteiger partial charge in [0.1, 0.15) is 0 Å². The van der Waals surface area contributed by atoms with E-state index in [9.17, 15) is 4.79 Å². The molecule has 1 aromatic carbocycles. The van der Waals surface area contributed by atoms with E-state index >= 15 is 0 Å². The van der Waals surface area contributed by atoms with Gasteiger partial charge in [-0.1, -0.05) is 153 Å². The molecule has 220 valence electrons. The van der Waals surface area contributed by atoms with Gasteiger partial charge >= 0.3 is 6.09 Å². The van der Waals surface area contributed by atoms with E-state index in [-0.39, 0.29) is 0 Å². The molecule has 0 saturated heterocycles. The monoisotopic (exact) mass is 571 g/mol. The number of anilines is 1. The average molecular weight is 573 g/mol. The van der Waals surface area contributed by atoms with Crippen molar-refractivity contribution in [3.05, 3.63) is 21.7 Å². The molecule has 0 aliphatic heterocycles. The van der Waals surface area contributed by atoms with E-state index in [4.69, 9.17) is 32.7 Å². The summed E-state index contributed by atoms with van der Waals surface area (Å²) >= 11 is 13.1. The Balaban J connectivity index is 2.30. The van der Waals surface area contributed by atoms with Gasteiger partial charge < -0.3 is 9.47 Å². The van der Waals surface area contributed by atoms with Gasteiger partial charge in [-0.15, -0.1) is 0 Å². The van der Waals surface area contributed by atoms with Crippen molar-refractivity contribution in [1.29, 1.82) is 0 Å². The lowest BCUT2D eigenvalue weighted by molar-refractivity contribution is 0.159. The first-order valence-corrected chi connectivity index (χ1v) is 16.4. The molecule has 0 aliphatic rings. The van der Waals surface area contributed by atoms with Crippen LogP contribution in [-0.4, -0.2) is 19.3 Å². The Kier molecular flexibility index (Phi) is 21.8. The third-order valence-corrected chi connectivity index (χ3v) is 7.82. The number of carbonyl (C=O) groups is 1. The van der Waals surface area contributed by atoms with Crippen LogP contribution in [0.4, 0.5) is 10.5 Å². The van der Waals surface area contributed by atoms with Gasteiger partial charge in [0.15, 0.2) is 5.75 Å². The second-order valence-electron chi connectivity index (χ2n) is 10.5. The highest BCUT2D eigenvalue weighted by Crippen LogP contribution is 2.41. The predicted molar refractivity (Wildman–Crippen MR) is 165 cm³/mol. The molecule has 1 N–H and O–H groups in total. The number of halogens is 2. The van der Waals surface area contributed by atoms with Crippen molar-refractivity contribution >= 4 is 35.0 Å². The number of unbranched alkanes of at least 4 members (excludes halogenated alkanes) is 17. The summed E-state index contributed by atoms with van der Waals surface area (Å²) in [6.07, 6.45) is 24.0. The number of hydrogen-bond acceptors (Lipinski definition) is 3. The quantitative estimate of drug-likeness (QED) is 0.125. The third kappa shape index (κ3) is 16.1. The van der Waals surface area contributed by atoms with Crippen LogP contribution in [-0.2, 0) is 11.2 Å². The number of ether oxygens (including phenoxy) is 2. The van der Waals surface area contributed by atoms with Crippen molar-refractivity contribution in [3.8, 4) is 5.75 Å². The normalized spacial score (nSPS) is 11.1. The standard InChI is InChI=1S/C32H55Cl2NO3/c1-4-7-9-11-13-14-15-16-17-18-19-21-23-25-38-32(36)35-29-26-28(33)27(6-3)30(34)31(29)37-24-22-20-12-10-8-5-2/h26H,4-25H2,1-3H3,(H,35,36). The van der Waals surface area contributed by atoms with Gasteiger partial charge in [0, 0.05) is 5.02 Å². The fourth-order valence-corrected chi connectivity index (χ4v) is 5.46. The summed E-state index contributed by atoms with van der Waals surface area (Å²) < 4.78 is 11.5. The molecule has 0 aromatic heterocycles. The van der Waals surface area contributed by atoms with Crippen molar-refractivity contribution in [1.82, 2.24) is 0 Å². The van der Waals surface area contributed by atoms with Gasteiger partial charge in [-0.2, -0.15) is 0 Å². The van der Waals surface area contributed by atoms with Crippen LogP contribution >= 0.6 is 23.2 Å². The van der Waals surface area contributed by atoms with Crippen molar-refractivity contribution in [2.24, 2.45) is 0 Å². The third-order valence-electron chi connectivity index (χ3n) is 7.08. The smallest absolute Gasteiger partial charge is 0.411 e. The second kappa shape index (κ2) is 23.7. The van der Waals surface area contributed by atoms with E-state index in [0.717, 1.165) is 31.2 Å². The average Bonchev–Trinajstić information content (AvgIpc) is 2.90. The summed E-state index contributed by atoms with van der Waals surface area (Å²) in [7, 11) is 0. The van der Waals surface area contributed by atoms with Gasteiger partial charge in [0.25, 0.3) is 0 Å². The zero-order valence-corrected chi connectivity index (χ0v) is 26.1. The molecular formula is C32H55Cl2NO3. The number of amides is 1. The van der Waals surface area contributed by atoms with Crippen LogP contribution in [0.5, 0.6) is 5.75 Å². The Labute approximate surface area is 243 Å². The molecule has 1 rings (SSSR count). The number of hydrogen-bond donors (Lipinski definition) is 1. The minimum absolute atomic E-state index is 0.409. The predicted octanol–water partition coefficient (Wildman–Crippen LogP) is 11.9. The molecule has 0 atom stereocenters. The van der Waals surface area contributed by atoms with E-state index in [1.807, 2.05) is 6.92 Å². The summed E-state index contributed by atoms with van der Waals surface area (Å²) in [4.78, 5) is 12.5. The lowest BCUT2D eigenvalue weighted by atomic mass is 10.0. The lowest BCUT2D eigenvalue weighted by Crippen LogP contribution is -2.16. The van der Waals surface area contributed by atoms with Crippen LogP contribution in [0.1, 0.15) is 148 Å². The summed E-state index contributed by atoms with van der Waals surface area (Å²) in [6, 6.07) is 1.72. The molecule has 1 amide bonds. The Morgan fingerprint density at radius 2 is 1.13 bits per heavy atom. The second-order valence-corrected chi connectivity index (χ2v) is 11.3. The fraction of sp³-hybridized carbons (Fsp3) is 0.781. The van der Waals surface area contributed by atoms with Gasteiger partial charge in [-0.25, -0.2) is 4.79 Å². The molecule has 38 heavy (non-hydrogen) atoms. The topological polar surface area (TPSA) is 47.6 Å². The fourth-order valence-electron chi connectivity index (χ4n) is 4.68. The minimum Gasteiger partial charge on any atom is -0.490 e. The molecule has 0 unspecified atom stereocenters.